The number of nitrogens with one attached hydrogen (secondary N) is 1. The van der Waals surface area contributed by atoms with Crippen molar-refractivity contribution in [1.82, 2.24) is 15.0 Å². The lowest BCUT2D eigenvalue weighted by atomic mass is 10.2. The predicted octanol–water partition coefficient (Wildman–Crippen LogP) is 2.60. The Morgan fingerprint density at radius 3 is 2.70 bits per heavy atom. The second-order valence-corrected chi connectivity index (χ2v) is 3.76. The molecule has 4 nitrogen and oxygen atoms in total. The van der Waals surface area contributed by atoms with E-state index in [9.17, 15) is 13.2 Å². The SMILES string of the molecule is C#CCNc1cc(C(F)(F)F)nc(-c2cccnc2)n1. The van der Waals surface area contributed by atoms with Crippen LogP contribution in [0.2, 0.25) is 0 Å². The highest BCUT2D eigenvalue weighted by Gasteiger charge is 2.33. The van der Waals surface area contributed by atoms with Gasteiger partial charge in [0.25, 0.3) is 0 Å². The summed E-state index contributed by atoms with van der Waals surface area (Å²) in [5.74, 6) is 2.22. The molecule has 20 heavy (non-hydrogen) atoms. The molecule has 0 radical (unpaired) electrons. The summed E-state index contributed by atoms with van der Waals surface area (Å²) < 4.78 is 38.4. The van der Waals surface area contributed by atoms with E-state index in [0.29, 0.717) is 5.56 Å². The fraction of sp³-hybridized carbons (Fsp3) is 0.154. The van der Waals surface area contributed by atoms with Crippen molar-refractivity contribution in [3.8, 4) is 23.7 Å². The highest BCUT2D eigenvalue weighted by molar-refractivity contribution is 5.56. The zero-order chi connectivity index (χ0) is 14.6. The molecule has 2 aromatic heterocycles. The first-order valence-electron chi connectivity index (χ1n) is 5.54. The summed E-state index contributed by atoms with van der Waals surface area (Å²) in [7, 11) is 0. The third kappa shape index (κ3) is 3.23. The Bertz CT molecular complexity index is 632. The quantitative estimate of drug-likeness (QED) is 0.877. The van der Waals surface area contributed by atoms with Gasteiger partial charge in [0.1, 0.15) is 5.82 Å². The van der Waals surface area contributed by atoms with E-state index < -0.39 is 11.9 Å². The molecule has 0 spiro atoms. The maximum absolute atomic E-state index is 12.8. The molecule has 0 atom stereocenters. The third-order valence-corrected chi connectivity index (χ3v) is 2.31. The van der Waals surface area contributed by atoms with Gasteiger partial charge in [-0.2, -0.15) is 13.2 Å². The van der Waals surface area contributed by atoms with Crippen molar-refractivity contribution >= 4 is 5.82 Å². The number of aromatic nitrogens is 3. The van der Waals surface area contributed by atoms with Gasteiger partial charge in [-0.3, -0.25) is 4.98 Å². The highest BCUT2D eigenvalue weighted by atomic mass is 19.4. The van der Waals surface area contributed by atoms with Gasteiger partial charge in [0.2, 0.25) is 0 Å². The van der Waals surface area contributed by atoms with E-state index in [1.807, 2.05) is 0 Å². The molecule has 102 valence electrons. The number of alkyl halides is 3. The Hall–Kier alpha value is -2.62. The summed E-state index contributed by atoms with van der Waals surface area (Å²) in [4.78, 5) is 11.3. The minimum Gasteiger partial charge on any atom is -0.359 e. The number of anilines is 1. The second kappa shape index (κ2) is 5.57. The number of halogens is 3. The van der Waals surface area contributed by atoms with Crippen molar-refractivity contribution in [1.29, 1.82) is 0 Å². The van der Waals surface area contributed by atoms with Crippen LogP contribution in [0.25, 0.3) is 11.4 Å². The largest absolute Gasteiger partial charge is 0.433 e. The first kappa shape index (κ1) is 13.8. The Balaban J connectivity index is 2.49. The first-order chi connectivity index (χ1) is 9.50. The minimum atomic E-state index is -4.56. The lowest BCUT2D eigenvalue weighted by Crippen LogP contribution is -2.12. The molecule has 0 fully saturated rings. The smallest absolute Gasteiger partial charge is 0.359 e. The predicted molar refractivity (Wildman–Crippen MR) is 67.6 cm³/mol. The van der Waals surface area contributed by atoms with Gasteiger partial charge in [-0.05, 0) is 12.1 Å². The van der Waals surface area contributed by atoms with Crippen molar-refractivity contribution in [2.75, 3.05) is 11.9 Å². The van der Waals surface area contributed by atoms with Gasteiger partial charge in [-0.1, -0.05) is 5.92 Å². The van der Waals surface area contributed by atoms with E-state index in [2.05, 4.69) is 26.2 Å². The lowest BCUT2D eigenvalue weighted by Gasteiger charge is -2.10. The molecule has 0 bridgehead atoms. The van der Waals surface area contributed by atoms with Gasteiger partial charge in [0.05, 0.1) is 6.54 Å². The van der Waals surface area contributed by atoms with Crippen LogP contribution >= 0.6 is 0 Å². The van der Waals surface area contributed by atoms with Gasteiger partial charge >= 0.3 is 6.18 Å². The van der Waals surface area contributed by atoms with Crippen LogP contribution in [0, 0.1) is 12.3 Å². The summed E-state index contributed by atoms with van der Waals surface area (Å²) in [5, 5.41) is 2.61. The van der Waals surface area contributed by atoms with Gasteiger partial charge in [-0.25, -0.2) is 9.97 Å². The van der Waals surface area contributed by atoms with Crippen LogP contribution < -0.4 is 5.32 Å². The molecule has 0 saturated heterocycles. The zero-order valence-corrected chi connectivity index (χ0v) is 10.1. The molecule has 1 N–H and O–H groups in total. The molecule has 0 aromatic carbocycles. The number of hydrogen-bond donors (Lipinski definition) is 1. The van der Waals surface area contributed by atoms with Crippen molar-refractivity contribution in [2.24, 2.45) is 0 Å². The summed E-state index contributed by atoms with van der Waals surface area (Å²) in [6.45, 7) is 0.0702. The van der Waals surface area contributed by atoms with Crippen LogP contribution in [0.3, 0.4) is 0 Å². The normalized spacial score (nSPS) is 10.9. The number of terminal acetylenes is 1. The van der Waals surface area contributed by atoms with E-state index in [-0.39, 0.29) is 18.2 Å². The van der Waals surface area contributed by atoms with E-state index in [4.69, 9.17) is 6.42 Å². The highest BCUT2D eigenvalue weighted by Crippen LogP contribution is 2.30. The Kier molecular flexibility index (Phi) is 3.84. The summed E-state index contributed by atoms with van der Waals surface area (Å²) in [5.41, 5.74) is -0.645. The summed E-state index contributed by atoms with van der Waals surface area (Å²) >= 11 is 0. The van der Waals surface area contributed by atoms with Gasteiger partial charge < -0.3 is 5.32 Å². The molecule has 0 unspecified atom stereocenters. The number of pyridine rings is 1. The molecule has 0 aliphatic rings. The molecule has 0 aliphatic heterocycles. The maximum Gasteiger partial charge on any atom is 0.433 e. The monoisotopic (exact) mass is 278 g/mol. The van der Waals surface area contributed by atoms with Gasteiger partial charge in [-0.15, -0.1) is 6.42 Å². The Morgan fingerprint density at radius 1 is 1.30 bits per heavy atom. The van der Waals surface area contributed by atoms with E-state index in [1.54, 1.807) is 12.1 Å². The second-order valence-electron chi connectivity index (χ2n) is 3.76. The number of hydrogen-bond acceptors (Lipinski definition) is 4. The minimum absolute atomic E-state index is 0.0177. The molecule has 2 aromatic rings. The molecular weight excluding hydrogens is 269 g/mol. The molecule has 7 heteroatoms. The van der Waals surface area contributed by atoms with Crippen LogP contribution in [0.5, 0.6) is 0 Å². The Morgan fingerprint density at radius 2 is 2.10 bits per heavy atom. The topological polar surface area (TPSA) is 50.7 Å². The van der Waals surface area contributed by atoms with Crippen LogP contribution in [-0.2, 0) is 6.18 Å². The van der Waals surface area contributed by atoms with Crippen molar-refractivity contribution in [3.05, 3.63) is 36.3 Å². The van der Waals surface area contributed by atoms with Gasteiger partial charge in [0.15, 0.2) is 11.5 Å². The van der Waals surface area contributed by atoms with Crippen LogP contribution in [0.4, 0.5) is 19.0 Å². The van der Waals surface area contributed by atoms with Crippen LogP contribution in [-0.4, -0.2) is 21.5 Å². The number of rotatable bonds is 3. The summed E-state index contributed by atoms with van der Waals surface area (Å²) in [6.07, 6.45) is 3.40. The van der Waals surface area contributed by atoms with Crippen LogP contribution in [0.15, 0.2) is 30.6 Å². The fourth-order valence-corrected chi connectivity index (χ4v) is 1.45. The van der Waals surface area contributed by atoms with Gasteiger partial charge in [0, 0.05) is 24.0 Å². The molecule has 2 rings (SSSR count). The molecule has 0 aliphatic carbocycles. The van der Waals surface area contributed by atoms with Crippen molar-refractivity contribution in [3.63, 3.8) is 0 Å². The van der Waals surface area contributed by atoms with Crippen molar-refractivity contribution in [2.45, 2.75) is 6.18 Å². The zero-order valence-electron chi connectivity index (χ0n) is 10.1. The average molecular weight is 278 g/mol. The van der Waals surface area contributed by atoms with E-state index in [0.717, 1.165) is 6.07 Å². The average Bonchev–Trinajstić information content (AvgIpc) is 2.45. The molecule has 0 saturated carbocycles. The molecule has 0 amide bonds. The summed E-state index contributed by atoms with van der Waals surface area (Å²) in [6, 6.07) is 3.98. The molecular formula is C13H9F3N4. The van der Waals surface area contributed by atoms with Crippen molar-refractivity contribution < 1.29 is 13.2 Å². The van der Waals surface area contributed by atoms with E-state index in [1.165, 1.54) is 12.4 Å². The Labute approximate surface area is 113 Å². The van der Waals surface area contributed by atoms with Crippen LogP contribution in [0.1, 0.15) is 5.69 Å². The fourth-order valence-electron chi connectivity index (χ4n) is 1.45. The first-order valence-corrected chi connectivity index (χ1v) is 5.54. The van der Waals surface area contributed by atoms with E-state index >= 15 is 0 Å². The number of nitrogens with zero attached hydrogens (tertiary/aromatic N) is 3. The maximum atomic E-state index is 12.8. The molecule has 2 heterocycles. The standard InChI is InChI=1S/C13H9F3N4/c1-2-5-18-11-7-10(13(14,15)16)19-12(20-11)9-4-3-6-17-8-9/h1,3-4,6-8H,5H2,(H,18,19,20). The third-order valence-electron chi connectivity index (χ3n) is 2.31. The lowest BCUT2D eigenvalue weighted by molar-refractivity contribution is -0.141.